The summed E-state index contributed by atoms with van der Waals surface area (Å²) in [5.41, 5.74) is 0.561. The average molecular weight is 604 g/mol. The molecule has 2 aliphatic heterocycles. The molecule has 1 saturated carbocycles. The Morgan fingerprint density at radius 3 is 2.68 bits per heavy atom. The molecule has 0 radical (unpaired) electrons. The van der Waals surface area contributed by atoms with Crippen molar-refractivity contribution < 1.29 is 23.8 Å². The number of rotatable bonds is 5. The molecule has 2 saturated heterocycles. The number of fused-ring (bicyclic) bond motifs is 2. The first-order valence-corrected chi connectivity index (χ1v) is 14.1. The van der Waals surface area contributed by atoms with Gasteiger partial charge in [0.2, 0.25) is 0 Å². The minimum absolute atomic E-state index is 0.0499. The molecule has 38 heavy (non-hydrogen) atoms. The molecule has 11 heteroatoms. The van der Waals surface area contributed by atoms with Crippen LogP contribution < -0.4 is 4.90 Å². The standard InChI is InChI=1S/C27H28BrFN4O4S/c1-6-8-16-23(17-11-14(9-7-10-30)19(28)20(29)21(17)31-24(16)38-5)33(26(36)37-27(2,3)4)22-15-12-18(22)32(13-15)25(34)35/h11,15,18,22H,7,9,12-13H2,1-5H3,(H,34,35)/t15-,18-,22+/m1/s1. The number of aromatic nitrogens is 1. The van der Waals surface area contributed by atoms with Gasteiger partial charge in [0.05, 0.1) is 33.9 Å². The van der Waals surface area contributed by atoms with Gasteiger partial charge in [-0.2, -0.15) is 5.26 Å². The van der Waals surface area contributed by atoms with Crippen LogP contribution in [0.4, 0.5) is 19.7 Å². The van der Waals surface area contributed by atoms with Crippen molar-refractivity contribution >= 4 is 56.5 Å². The maximum Gasteiger partial charge on any atom is 0.415 e. The maximum absolute atomic E-state index is 15.8. The molecule has 0 unspecified atom stereocenters. The highest BCUT2D eigenvalue weighted by Crippen LogP contribution is 2.49. The van der Waals surface area contributed by atoms with Crippen LogP contribution in [0.5, 0.6) is 0 Å². The van der Waals surface area contributed by atoms with Crippen LogP contribution in [0.2, 0.25) is 0 Å². The largest absolute Gasteiger partial charge is 0.465 e. The highest BCUT2D eigenvalue weighted by atomic mass is 79.9. The number of nitriles is 1. The zero-order valence-electron chi connectivity index (χ0n) is 21.8. The van der Waals surface area contributed by atoms with Gasteiger partial charge in [-0.15, -0.1) is 17.7 Å². The summed E-state index contributed by atoms with van der Waals surface area (Å²) in [4.78, 5) is 33.3. The van der Waals surface area contributed by atoms with Gasteiger partial charge < -0.3 is 14.7 Å². The molecule has 2 bridgehead atoms. The van der Waals surface area contributed by atoms with E-state index in [4.69, 9.17) is 10.00 Å². The molecule has 8 nitrogen and oxygen atoms in total. The minimum Gasteiger partial charge on any atom is -0.465 e. The quantitative estimate of drug-likeness (QED) is 0.322. The second-order valence-electron chi connectivity index (χ2n) is 10.3. The topological polar surface area (TPSA) is 107 Å². The zero-order valence-corrected chi connectivity index (χ0v) is 24.2. The lowest BCUT2D eigenvalue weighted by atomic mass is 9.78. The predicted octanol–water partition coefficient (Wildman–Crippen LogP) is 6.18. The Hall–Kier alpha value is -3.02. The van der Waals surface area contributed by atoms with E-state index in [-0.39, 0.29) is 28.7 Å². The summed E-state index contributed by atoms with van der Waals surface area (Å²) >= 11 is 4.61. The number of benzene rings is 1. The third-order valence-electron chi connectivity index (χ3n) is 6.75. The van der Waals surface area contributed by atoms with Crippen molar-refractivity contribution in [3.63, 3.8) is 0 Å². The van der Waals surface area contributed by atoms with Crippen molar-refractivity contribution in [2.45, 2.75) is 69.7 Å². The van der Waals surface area contributed by atoms with Crippen LogP contribution in [0.3, 0.4) is 0 Å². The number of pyridine rings is 1. The van der Waals surface area contributed by atoms with Gasteiger partial charge in [-0.3, -0.25) is 4.90 Å². The van der Waals surface area contributed by atoms with E-state index in [0.29, 0.717) is 40.2 Å². The van der Waals surface area contributed by atoms with Gasteiger partial charge in [-0.25, -0.2) is 19.0 Å². The van der Waals surface area contributed by atoms with E-state index < -0.39 is 35.7 Å². The first-order chi connectivity index (χ1) is 17.9. The van der Waals surface area contributed by atoms with Crippen molar-refractivity contribution in [1.29, 1.82) is 5.26 Å². The smallest absolute Gasteiger partial charge is 0.415 e. The summed E-state index contributed by atoms with van der Waals surface area (Å²) in [6.07, 6.45) is 1.17. The highest BCUT2D eigenvalue weighted by molar-refractivity contribution is 9.10. The fraction of sp³-hybridized carbons (Fsp3) is 0.481. The molecule has 0 spiro atoms. The summed E-state index contributed by atoms with van der Waals surface area (Å²) in [5, 5.41) is 19.7. The molecule has 1 aliphatic carbocycles. The molecule has 5 rings (SSSR count). The third kappa shape index (κ3) is 4.90. The van der Waals surface area contributed by atoms with Crippen LogP contribution in [0.25, 0.3) is 10.9 Å². The predicted molar refractivity (Wildman–Crippen MR) is 147 cm³/mol. The molecule has 1 N–H and O–H groups in total. The summed E-state index contributed by atoms with van der Waals surface area (Å²) < 4.78 is 21.9. The van der Waals surface area contributed by atoms with E-state index in [2.05, 4.69) is 38.8 Å². The van der Waals surface area contributed by atoms with Gasteiger partial charge in [-0.05, 0) is 74.4 Å². The molecule has 2 aromatic rings. The summed E-state index contributed by atoms with van der Waals surface area (Å²) in [6, 6.07) is 2.89. The Morgan fingerprint density at radius 2 is 2.13 bits per heavy atom. The van der Waals surface area contributed by atoms with Crippen LogP contribution in [0.1, 0.15) is 51.7 Å². The number of carboxylic acid groups (broad SMARTS) is 1. The van der Waals surface area contributed by atoms with Crippen molar-refractivity contribution in [2.24, 2.45) is 5.92 Å². The summed E-state index contributed by atoms with van der Waals surface area (Å²) in [7, 11) is 0. The number of carbonyl (C=O) groups is 2. The number of amides is 2. The van der Waals surface area contributed by atoms with Crippen LogP contribution >= 0.6 is 27.7 Å². The molecule has 3 atom stereocenters. The lowest BCUT2D eigenvalue weighted by molar-refractivity contribution is 0.0517. The zero-order chi connectivity index (χ0) is 27.9. The summed E-state index contributed by atoms with van der Waals surface area (Å²) in [5.74, 6) is 5.25. The molecule has 3 aliphatic rings. The third-order valence-corrected chi connectivity index (χ3v) is 8.29. The monoisotopic (exact) mass is 602 g/mol. The molecule has 1 aromatic heterocycles. The van der Waals surface area contributed by atoms with Crippen LogP contribution in [-0.2, 0) is 11.2 Å². The normalized spacial score (nSPS) is 19.8. The second kappa shape index (κ2) is 10.6. The Morgan fingerprint density at radius 1 is 1.42 bits per heavy atom. The van der Waals surface area contributed by atoms with Crippen molar-refractivity contribution in [2.75, 3.05) is 17.7 Å². The van der Waals surface area contributed by atoms with E-state index in [1.165, 1.54) is 21.6 Å². The number of halogens is 2. The number of hydrogen-bond donors (Lipinski definition) is 1. The molecule has 3 heterocycles. The fourth-order valence-electron chi connectivity index (χ4n) is 5.23. The molecule has 2 amide bonds. The van der Waals surface area contributed by atoms with E-state index >= 15 is 4.39 Å². The van der Waals surface area contributed by atoms with E-state index in [1.54, 1.807) is 40.0 Å². The van der Waals surface area contributed by atoms with Crippen LogP contribution in [-0.4, -0.2) is 57.7 Å². The molecular weight excluding hydrogens is 575 g/mol. The lowest BCUT2D eigenvalue weighted by Crippen LogP contribution is -2.58. The first kappa shape index (κ1) is 28.0. The second-order valence-corrected chi connectivity index (χ2v) is 11.9. The van der Waals surface area contributed by atoms with E-state index in [0.717, 1.165) is 0 Å². The van der Waals surface area contributed by atoms with Crippen LogP contribution in [0, 0.1) is 34.9 Å². The number of carbonyl (C=O) groups excluding carboxylic acids is 1. The molecule has 200 valence electrons. The summed E-state index contributed by atoms with van der Waals surface area (Å²) in [6.45, 7) is 7.22. The van der Waals surface area contributed by atoms with Gasteiger partial charge in [0.1, 0.15) is 16.1 Å². The Labute approximate surface area is 233 Å². The number of nitrogens with zero attached hydrogens (tertiary/aromatic N) is 4. The van der Waals surface area contributed by atoms with Gasteiger partial charge in [0.15, 0.2) is 5.82 Å². The number of anilines is 1. The van der Waals surface area contributed by atoms with Crippen molar-refractivity contribution in [3.8, 4) is 17.9 Å². The Balaban J connectivity index is 2.06. The van der Waals surface area contributed by atoms with Gasteiger partial charge in [0.25, 0.3) is 0 Å². The highest BCUT2D eigenvalue weighted by Gasteiger charge is 2.58. The average Bonchev–Trinajstić information content (AvgIpc) is 3.44. The molecule has 3 fully saturated rings. The maximum atomic E-state index is 15.8. The number of hydrogen-bond acceptors (Lipinski definition) is 6. The Kier molecular flexibility index (Phi) is 7.83. The van der Waals surface area contributed by atoms with Crippen molar-refractivity contribution in [3.05, 3.63) is 27.5 Å². The van der Waals surface area contributed by atoms with Gasteiger partial charge >= 0.3 is 12.2 Å². The lowest BCUT2D eigenvalue weighted by Gasteiger charge is -2.44. The minimum atomic E-state index is -1.05. The number of aryl methyl sites for hydroxylation is 1. The van der Waals surface area contributed by atoms with Crippen molar-refractivity contribution in [1.82, 2.24) is 9.88 Å². The van der Waals surface area contributed by atoms with E-state index in [1.807, 2.05) is 0 Å². The van der Waals surface area contributed by atoms with Gasteiger partial charge in [0, 0.05) is 24.3 Å². The number of thioether (sulfide) groups is 1. The molecular formula is C27H28BrFN4O4S. The molecule has 1 aromatic carbocycles. The Bertz CT molecular complexity index is 1430. The SMILES string of the molecule is CC#Cc1c(SC)nc2c(F)c(Br)c(CCC#N)cc2c1N(C(=O)OC(C)(C)C)[C@H]1[C@@H]2C[C@H]1N(C(=O)O)C2. The first-order valence-electron chi connectivity index (χ1n) is 12.1. The van der Waals surface area contributed by atoms with Crippen LogP contribution in [0.15, 0.2) is 15.6 Å². The van der Waals surface area contributed by atoms with Gasteiger partial charge in [-0.1, -0.05) is 5.92 Å². The van der Waals surface area contributed by atoms with E-state index in [9.17, 15) is 14.7 Å². The number of ether oxygens (including phenoxy) is 1. The fourth-order valence-corrected chi connectivity index (χ4v) is 6.26.